The van der Waals surface area contributed by atoms with E-state index in [4.69, 9.17) is 11.6 Å². The minimum Gasteiger partial charge on any atom is -0.393 e. The lowest BCUT2D eigenvalue weighted by Gasteiger charge is -2.17. The van der Waals surface area contributed by atoms with Gasteiger partial charge in [0.15, 0.2) is 0 Å². The molecule has 2 rings (SSSR count). The standard InChI is InChI=1S/C13H17ClFNO/c1-9(17)10-5-6-16(7-10)8-11-3-2-4-12(14)13(11)15/h2-4,9-10,17H,5-8H2,1H3. The van der Waals surface area contributed by atoms with Gasteiger partial charge in [-0.25, -0.2) is 4.39 Å². The second-order valence-electron chi connectivity index (χ2n) is 4.74. The Kier molecular flexibility index (Phi) is 4.02. The first kappa shape index (κ1) is 12.8. The lowest BCUT2D eigenvalue weighted by atomic mass is 10.0. The zero-order valence-electron chi connectivity index (χ0n) is 9.87. The monoisotopic (exact) mass is 257 g/mol. The van der Waals surface area contributed by atoms with Crippen LogP contribution in [0.25, 0.3) is 0 Å². The van der Waals surface area contributed by atoms with Gasteiger partial charge < -0.3 is 5.11 Å². The van der Waals surface area contributed by atoms with Crippen molar-refractivity contribution in [1.29, 1.82) is 0 Å². The summed E-state index contributed by atoms with van der Waals surface area (Å²) in [6.07, 6.45) is 0.684. The van der Waals surface area contributed by atoms with E-state index in [1.807, 2.05) is 6.92 Å². The predicted octanol–water partition coefficient (Wildman–Crippen LogP) is 2.68. The summed E-state index contributed by atoms with van der Waals surface area (Å²) in [4.78, 5) is 2.16. The molecule has 1 fully saturated rings. The second-order valence-corrected chi connectivity index (χ2v) is 5.14. The van der Waals surface area contributed by atoms with Gasteiger partial charge in [-0.05, 0) is 31.9 Å². The fourth-order valence-corrected chi connectivity index (χ4v) is 2.51. The molecule has 1 heterocycles. The summed E-state index contributed by atoms with van der Waals surface area (Å²) in [6, 6.07) is 5.09. The number of halogens is 2. The van der Waals surface area contributed by atoms with E-state index in [0.29, 0.717) is 18.0 Å². The zero-order chi connectivity index (χ0) is 12.4. The van der Waals surface area contributed by atoms with Crippen molar-refractivity contribution < 1.29 is 9.50 Å². The van der Waals surface area contributed by atoms with Crippen LogP contribution in [0.4, 0.5) is 4.39 Å². The van der Waals surface area contributed by atoms with Crippen LogP contribution in [0, 0.1) is 11.7 Å². The molecule has 0 amide bonds. The number of benzene rings is 1. The molecule has 1 N–H and O–H groups in total. The second kappa shape index (κ2) is 5.34. The van der Waals surface area contributed by atoms with E-state index in [1.165, 1.54) is 0 Å². The van der Waals surface area contributed by atoms with E-state index in [1.54, 1.807) is 18.2 Å². The van der Waals surface area contributed by atoms with Crippen molar-refractivity contribution in [3.05, 3.63) is 34.6 Å². The number of hydrogen-bond donors (Lipinski definition) is 1. The highest BCUT2D eigenvalue weighted by Crippen LogP contribution is 2.24. The molecule has 1 aromatic carbocycles. The SMILES string of the molecule is CC(O)C1CCN(Cc2cccc(Cl)c2F)C1. The Morgan fingerprint density at radius 1 is 1.59 bits per heavy atom. The molecule has 0 spiro atoms. The largest absolute Gasteiger partial charge is 0.393 e. The summed E-state index contributed by atoms with van der Waals surface area (Å²) in [6.45, 7) is 4.11. The van der Waals surface area contributed by atoms with Crippen molar-refractivity contribution in [3.63, 3.8) is 0 Å². The summed E-state index contributed by atoms with van der Waals surface area (Å²) in [5, 5.41) is 9.69. The van der Waals surface area contributed by atoms with Gasteiger partial charge >= 0.3 is 0 Å². The fraction of sp³-hybridized carbons (Fsp3) is 0.538. The molecule has 0 radical (unpaired) electrons. The average molecular weight is 258 g/mol. The minimum absolute atomic E-state index is 0.175. The van der Waals surface area contributed by atoms with Crippen LogP contribution < -0.4 is 0 Å². The molecule has 4 heteroatoms. The van der Waals surface area contributed by atoms with Gasteiger partial charge in [-0.15, -0.1) is 0 Å². The minimum atomic E-state index is -0.324. The fourth-order valence-electron chi connectivity index (χ4n) is 2.31. The van der Waals surface area contributed by atoms with E-state index in [-0.39, 0.29) is 16.9 Å². The summed E-state index contributed by atoms with van der Waals surface area (Å²) < 4.78 is 13.7. The normalized spacial score (nSPS) is 22.9. The average Bonchev–Trinajstić information content (AvgIpc) is 2.73. The van der Waals surface area contributed by atoms with Gasteiger partial charge in [0.05, 0.1) is 11.1 Å². The number of likely N-dealkylation sites (tertiary alicyclic amines) is 1. The maximum absolute atomic E-state index is 13.7. The van der Waals surface area contributed by atoms with Crippen LogP contribution in [0.3, 0.4) is 0 Å². The van der Waals surface area contributed by atoms with E-state index >= 15 is 0 Å². The van der Waals surface area contributed by atoms with Crippen molar-refractivity contribution >= 4 is 11.6 Å². The third-order valence-electron chi connectivity index (χ3n) is 3.42. The Bertz CT molecular complexity index is 397. The molecule has 0 saturated carbocycles. The Morgan fingerprint density at radius 3 is 3.00 bits per heavy atom. The molecule has 1 aliphatic heterocycles. The number of hydrogen-bond acceptors (Lipinski definition) is 2. The molecule has 0 aromatic heterocycles. The smallest absolute Gasteiger partial charge is 0.146 e. The van der Waals surface area contributed by atoms with E-state index < -0.39 is 0 Å². The molecule has 2 nitrogen and oxygen atoms in total. The van der Waals surface area contributed by atoms with E-state index in [9.17, 15) is 9.50 Å². The molecule has 94 valence electrons. The van der Waals surface area contributed by atoms with Crippen LogP contribution in [-0.4, -0.2) is 29.2 Å². The van der Waals surface area contributed by atoms with Crippen molar-refractivity contribution in [1.82, 2.24) is 4.90 Å². The summed E-state index contributed by atoms with van der Waals surface area (Å²) in [5.74, 6) is -0.0214. The van der Waals surface area contributed by atoms with Crippen molar-refractivity contribution in [2.75, 3.05) is 13.1 Å². The molecule has 0 bridgehead atoms. The van der Waals surface area contributed by atoms with Gasteiger partial charge in [-0.2, -0.15) is 0 Å². The highest BCUT2D eigenvalue weighted by molar-refractivity contribution is 6.30. The summed E-state index contributed by atoms with van der Waals surface area (Å²) in [7, 11) is 0. The summed E-state index contributed by atoms with van der Waals surface area (Å²) in [5.41, 5.74) is 0.628. The van der Waals surface area contributed by atoms with Crippen molar-refractivity contribution in [2.24, 2.45) is 5.92 Å². The lowest BCUT2D eigenvalue weighted by molar-refractivity contribution is 0.127. The Balaban J connectivity index is 2.00. The maximum atomic E-state index is 13.7. The summed E-state index contributed by atoms with van der Waals surface area (Å²) >= 11 is 5.74. The highest BCUT2D eigenvalue weighted by Gasteiger charge is 2.26. The van der Waals surface area contributed by atoms with Gasteiger partial charge in [-0.1, -0.05) is 23.7 Å². The van der Waals surface area contributed by atoms with Crippen LogP contribution in [0.1, 0.15) is 18.9 Å². The molecule has 1 saturated heterocycles. The topological polar surface area (TPSA) is 23.5 Å². The number of nitrogens with zero attached hydrogens (tertiary/aromatic N) is 1. The quantitative estimate of drug-likeness (QED) is 0.900. The molecule has 17 heavy (non-hydrogen) atoms. The zero-order valence-corrected chi connectivity index (χ0v) is 10.6. The van der Waals surface area contributed by atoms with Crippen LogP contribution >= 0.6 is 11.6 Å². The molecular weight excluding hydrogens is 241 g/mol. The maximum Gasteiger partial charge on any atom is 0.146 e. The third kappa shape index (κ3) is 2.97. The molecule has 2 atom stereocenters. The van der Waals surface area contributed by atoms with Gasteiger partial charge in [0.2, 0.25) is 0 Å². The van der Waals surface area contributed by atoms with Crippen molar-refractivity contribution in [3.8, 4) is 0 Å². The van der Waals surface area contributed by atoms with Crippen LogP contribution in [0.5, 0.6) is 0 Å². The first-order chi connectivity index (χ1) is 8.08. The van der Waals surface area contributed by atoms with Crippen LogP contribution in [0.15, 0.2) is 18.2 Å². The first-order valence-electron chi connectivity index (χ1n) is 5.91. The van der Waals surface area contributed by atoms with E-state index in [0.717, 1.165) is 19.5 Å². The third-order valence-corrected chi connectivity index (χ3v) is 3.71. The number of aliphatic hydroxyl groups is 1. The molecule has 1 aliphatic rings. The van der Waals surface area contributed by atoms with Crippen molar-refractivity contribution in [2.45, 2.75) is 26.0 Å². The van der Waals surface area contributed by atoms with Gasteiger partial charge in [-0.3, -0.25) is 4.90 Å². The Labute approximate surface area is 106 Å². The molecule has 2 unspecified atom stereocenters. The Morgan fingerprint density at radius 2 is 2.35 bits per heavy atom. The van der Waals surface area contributed by atoms with Crippen LogP contribution in [-0.2, 0) is 6.54 Å². The highest BCUT2D eigenvalue weighted by atomic mass is 35.5. The molecule has 1 aromatic rings. The first-order valence-corrected chi connectivity index (χ1v) is 6.29. The van der Waals surface area contributed by atoms with Gasteiger partial charge in [0.1, 0.15) is 5.82 Å². The number of aliphatic hydroxyl groups excluding tert-OH is 1. The predicted molar refractivity (Wildman–Crippen MR) is 66.5 cm³/mol. The molecule has 0 aliphatic carbocycles. The van der Waals surface area contributed by atoms with Crippen LogP contribution in [0.2, 0.25) is 5.02 Å². The number of rotatable bonds is 3. The van der Waals surface area contributed by atoms with Gasteiger partial charge in [0, 0.05) is 18.7 Å². The Hall–Kier alpha value is -0.640. The van der Waals surface area contributed by atoms with Gasteiger partial charge in [0.25, 0.3) is 0 Å². The molecular formula is C13H17ClFNO. The van der Waals surface area contributed by atoms with E-state index in [2.05, 4.69) is 4.90 Å². The lowest BCUT2D eigenvalue weighted by Crippen LogP contribution is -2.24.